The number of fused-ring (bicyclic) bond motifs is 1. The lowest BCUT2D eigenvalue weighted by molar-refractivity contribution is -0.135. The highest BCUT2D eigenvalue weighted by Crippen LogP contribution is 2.50. The highest BCUT2D eigenvalue weighted by Gasteiger charge is 2.46. The van der Waals surface area contributed by atoms with Gasteiger partial charge in [0, 0.05) is 5.92 Å². The molecule has 4 atom stereocenters. The minimum absolute atomic E-state index is 0.0923. The minimum atomic E-state index is -1.14. The molecule has 0 heterocycles. The number of carboxylic acid groups (broad SMARTS) is 1. The van der Waals surface area contributed by atoms with Gasteiger partial charge in [0.1, 0.15) is 17.2 Å². The second kappa shape index (κ2) is 9.27. The van der Waals surface area contributed by atoms with Crippen LogP contribution in [0.1, 0.15) is 38.2 Å². The van der Waals surface area contributed by atoms with Crippen molar-refractivity contribution in [2.45, 2.75) is 32.6 Å². The number of carbonyl (C=O) groups is 2. The van der Waals surface area contributed by atoms with Crippen LogP contribution in [0.4, 0.5) is 0 Å². The van der Waals surface area contributed by atoms with Crippen molar-refractivity contribution in [1.82, 2.24) is 5.32 Å². The Bertz CT molecular complexity index is 1000. The molecule has 2 aliphatic rings. The maximum absolute atomic E-state index is 12.9. The summed E-state index contributed by atoms with van der Waals surface area (Å²) < 4.78 is 6.69. The van der Waals surface area contributed by atoms with Crippen LogP contribution in [-0.4, -0.2) is 17.0 Å². The predicted molar refractivity (Wildman–Crippen MR) is 123 cm³/mol. The van der Waals surface area contributed by atoms with E-state index in [0.717, 1.165) is 17.3 Å². The van der Waals surface area contributed by atoms with Gasteiger partial charge in [-0.15, -0.1) is 0 Å². The zero-order chi connectivity index (χ0) is 22.0. The smallest absolute Gasteiger partial charge is 0.352 e. The van der Waals surface area contributed by atoms with Crippen LogP contribution in [0.5, 0.6) is 11.5 Å². The lowest BCUT2D eigenvalue weighted by Crippen LogP contribution is -2.34. The third-order valence-corrected chi connectivity index (χ3v) is 7.23. The lowest BCUT2D eigenvalue weighted by Gasteiger charge is -2.18. The van der Waals surface area contributed by atoms with E-state index in [-0.39, 0.29) is 17.5 Å². The van der Waals surface area contributed by atoms with Gasteiger partial charge in [-0.3, -0.25) is 4.79 Å². The predicted octanol–water partition coefficient (Wildman–Crippen LogP) is 5.86. The second-order valence-corrected chi connectivity index (χ2v) is 9.39. The molecule has 6 heteroatoms. The van der Waals surface area contributed by atoms with Crippen molar-refractivity contribution < 1.29 is 19.4 Å². The Morgan fingerprint density at radius 1 is 1.10 bits per heavy atom. The largest absolute Gasteiger partial charge is 0.477 e. The molecular weight excluding hydrogens is 458 g/mol. The van der Waals surface area contributed by atoms with Crippen LogP contribution in [-0.2, 0) is 9.59 Å². The first-order valence-corrected chi connectivity index (χ1v) is 11.5. The zero-order valence-electron chi connectivity index (χ0n) is 17.4. The molecule has 162 valence electrons. The number of hydrogen-bond donors (Lipinski definition) is 2. The third-order valence-electron chi connectivity index (χ3n) is 6.58. The summed E-state index contributed by atoms with van der Waals surface area (Å²) in [4.78, 5) is 24.7. The van der Waals surface area contributed by atoms with Crippen molar-refractivity contribution in [3.8, 4) is 11.5 Å². The number of carbonyl (C=O) groups excluding carboxylic acids is 1. The number of carboxylic acids is 1. The van der Waals surface area contributed by atoms with Gasteiger partial charge < -0.3 is 15.2 Å². The topological polar surface area (TPSA) is 75.6 Å². The first-order chi connectivity index (χ1) is 14.9. The molecule has 4 rings (SSSR count). The van der Waals surface area contributed by atoms with E-state index in [1.807, 2.05) is 24.3 Å². The molecule has 2 aromatic carbocycles. The molecule has 0 saturated heterocycles. The SMILES string of the molecule is CC1CC(C(=O)NC(=Cc2ccc(Oc3ccccc3Br)cc2)C(=O)O)C2CCCC12. The molecule has 1 amide bonds. The van der Waals surface area contributed by atoms with E-state index in [9.17, 15) is 14.7 Å². The summed E-state index contributed by atoms with van der Waals surface area (Å²) in [6.07, 6.45) is 5.75. The molecule has 0 bridgehead atoms. The van der Waals surface area contributed by atoms with Gasteiger partial charge in [0.15, 0.2) is 0 Å². The average Bonchev–Trinajstić information content (AvgIpc) is 3.34. The maximum atomic E-state index is 12.9. The van der Waals surface area contributed by atoms with E-state index in [2.05, 4.69) is 28.2 Å². The van der Waals surface area contributed by atoms with E-state index >= 15 is 0 Å². The Balaban J connectivity index is 1.45. The summed E-state index contributed by atoms with van der Waals surface area (Å²) in [5.41, 5.74) is 0.578. The molecule has 2 fully saturated rings. The number of halogens is 1. The standard InChI is InChI=1S/C25H26BrNO4/c1-15-13-20(19-6-4-5-18(15)19)24(28)27-22(25(29)30)14-16-9-11-17(12-10-16)31-23-8-3-2-7-21(23)26/h2-3,7-12,14-15,18-20H,4-6,13H2,1H3,(H,27,28)(H,29,30). The number of aliphatic carboxylic acids is 1. The van der Waals surface area contributed by atoms with Gasteiger partial charge in [0.25, 0.3) is 0 Å². The number of rotatable bonds is 6. The molecule has 5 nitrogen and oxygen atoms in total. The average molecular weight is 484 g/mol. The van der Waals surface area contributed by atoms with Gasteiger partial charge in [-0.1, -0.05) is 37.6 Å². The molecule has 2 aliphatic carbocycles. The van der Waals surface area contributed by atoms with E-state index < -0.39 is 5.97 Å². The van der Waals surface area contributed by atoms with E-state index in [4.69, 9.17) is 4.74 Å². The fraction of sp³-hybridized carbons (Fsp3) is 0.360. The molecule has 0 spiro atoms. The van der Waals surface area contributed by atoms with Gasteiger partial charge in [-0.2, -0.15) is 0 Å². The Hall–Kier alpha value is -2.60. The molecule has 0 aliphatic heterocycles. The van der Waals surface area contributed by atoms with Crippen LogP contribution >= 0.6 is 15.9 Å². The summed E-state index contributed by atoms with van der Waals surface area (Å²) in [6, 6.07) is 14.6. The fourth-order valence-corrected chi connectivity index (χ4v) is 5.47. The Morgan fingerprint density at radius 3 is 2.52 bits per heavy atom. The molecule has 2 N–H and O–H groups in total. The number of benzene rings is 2. The van der Waals surface area contributed by atoms with Crippen molar-refractivity contribution in [2.24, 2.45) is 23.7 Å². The number of hydrogen-bond acceptors (Lipinski definition) is 3. The Morgan fingerprint density at radius 2 is 1.81 bits per heavy atom. The van der Waals surface area contributed by atoms with Gasteiger partial charge in [0.05, 0.1) is 4.47 Å². The van der Waals surface area contributed by atoms with Crippen LogP contribution in [0.2, 0.25) is 0 Å². The Labute approximate surface area is 190 Å². The summed E-state index contributed by atoms with van der Waals surface area (Å²) in [5, 5.41) is 12.3. The van der Waals surface area contributed by atoms with Crippen molar-refractivity contribution in [3.63, 3.8) is 0 Å². The Kier molecular flexibility index (Phi) is 6.46. The first kappa shape index (κ1) is 21.6. The molecular formula is C25H26BrNO4. The van der Waals surface area contributed by atoms with Crippen LogP contribution in [0.15, 0.2) is 58.7 Å². The zero-order valence-corrected chi connectivity index (χ0v) is 19.0. The summed E-state index contributed by atoms with van der Waals surface area (Å²) in [7, 11) is 0. The molecule has 0 aromatic heterocycles. The van der Waals surface area contributed by atoms with Gasteiger partial charge in [-0.05, 0) is 88.9 Å². The molecule has 0 radical (unpaired) electrons. The summed E-state index contributed by atoms with van der Waals surface area (Å²) >= 11 is 3.45. The first-order valence-electron chi connectivity index (χ1n) is 10.7. The second-order valence-electron chi connectivity index (χ2n) is 8.53. The quantitative estimate of drug-likeness (QED) is 0.504. The van der Waals surface area contributed by atoms with Crippen molar-refractivity contribution in [3.05, 3.63) is 64.3 Å². The monoisotopic (exact) mass is 483 g/mol. The van der Waals surface area contributed by atoms with Crippen LogP contribution in [0.25, 0.3) is 6.08 Å². The molecule has 4 unspecified atom stereocenters. The molecule has 2 aromatic rings. The van der Waals surface area contributed by atoms with Gasteiger partial charge >= 0.3 is 5.97 Å². The van der Waals surface area contributed by atoms with Gasteiger partial charge in [0.2, 0.25) is 5.91 Å². The molecule has 31 heavy (non-hydrogen) atoms. The van der Waals surface area contributed by atoms with E-state index in [0.29, 0.717) is 34.8 Å². The number of para-hydroxylation sites is 1. The highest BCUT2D eigenvalue weighted by molar-refractivity contribution is 9.10. The van der Waals surface area contributed by atoms with Crippen molar-refractivity contribution >= 4 is 33.9 Å². The van der Waals surface area contributed by atoms with E-state index in [1.165, 1.54) is 18.9 Å². The van der Waals surface area contributed by atoms with Crippen LogP contribution in [0.3, 0.4) is 0 Å². The number of amides is 1. The molecule has 2 saturated carbocycles. The van der Waals surface area contributed by atoms with Crippen LogP contribution < -0.4 is 10.1 Å². The number of nitrogens with one attached hydrogen (secondary N) is 1. The maximum Gasteiger partial charge on any atom is 0.352 e. The lowest BCUT2D eigenvalue weighted by atomic mass is 9.90. The van der Waals surface area contributed by atoms with Crippen LogP contribution in [0, 0.1) is 23.7 Å². The minimum Gasteiger partial charge on any atom is -0.477 e. The normalized spacial score (nSPS) is 25.2. The van der Waals surface area contributed by atoms with E-state index in [1.54, 1.807) is 24.3 Å². The third kappa shape index (κ3) is 4.85. The fourth-order valence-electron chi connectivity index (χ4n) is 5.11. The van der Waals surface area contributed by atoms with Gasteiger partial charge in [-0.25, -0.2) is 4.79 Å². The van der Waals surface area contributed by atoms with Crippen molar-refractivity contribution in [1.29, 1.82) is 0 Å². The summed E-state index contributed by atoms with van der Waals surface area (Å²) in [6.45, 7) is 2.21. The number of ether oxygens (including phenoxy) is 1. The highest BCUT2D eigenvalue weighted by atomic mass is 79.9. The van der Waals surface area contributed by atoms with Crippen molar-refractivity contribution in [2.75, 3.05) is 0 Å². The summed E-state index contributed by atoms with van der Waals surface area (Å²) in [5.74, 6) is 1.45.